The average molecular weight is 539 g/mol. The lowest BCUT2D eigenvalue weighted by Gasteiger charge is -2.17. The number of halogens is 1. The Morgan fingerprint density at radius 3 is 2.41 bits per heavy atom. The highest BCUT2D eigenvalue weighted by atomic mass is 127. The Kier molecular flexibility index (Phi) is 7.25. The number of ether oxygens (including phenoxy) is 1. The SMILES string of the molecule is CC(=O)N1CCc2ccc(CC(=O)c3ccc(I)cc3OCc3ccccc3)cc2CC1. The Labute approximate surface area is 202 Å². The van der Waals surface area contributed by atoms with Gasteiger partial charge in [-0.3, -0.25) is 9.59 Å². The smallest absolute Gasteiger partial charge is 0.219 e. The molecule has 164 valence electrons. The molecular formula is C27H26INO3. The molecule has 0 N–H and O–H groups in total. The van der Waals surface area contributed by atoms with Gasteiger partial charge < -0.3 is 9.64 Å². The number of hydrogen-bond donors (Lipinski definition) is 0. The molecule has 0 spiro atoms. The van der Waals surface area contributed by atoms with E-state index < -0.39 is 0 Å². The third kappa shape index (κ3) is 5.57. The molecule has 0 saturated carbocycles. The molecule has 4 rings (SSSR count). The fourth-order valence-electron chi connectivity index (χ4n) is 4.07. The van der Waals surface area contributed by atoms with Crippen LogP contribution in [0.1, 0.15) is 39.5 Å². The van der Waals surface area contributed by atoms with E-state index >= 15 is 0 Å². The van der Waals surface area contributed by atoms with Gasteiger partial charge in [0.25, 0.3) is 0 Å². The molecule has 4 nitrogen and oxygen atoms in total. The summed E-state index contributed by atoms with van der Waals surface area (Å²) in [5, 5.41) is 0. The topological polar surface area (TPSA) is 46.6 Å². The van der Waals surface area contributed by atoms with Crippen molar-refractivity contribution in [3.05, 3.63) is 98.1 Å². The van der Waals surface area contributed by atoms with Crippen molar-refractivity contribution in [1.82, 2.24) is 4.90 Å². The minimum absolute atomic E-state index is 0.0448. The Hall–Kier alpha value is -2.67. The van der Waals surface area contributed by atoms with E-state index in [9.17, 15) is 9.59 Å². The summed E-state index contributed by atoms with van der Waals surface area (Å²) in [4.78, 5) is 26.8. The van der Waals surface area contributed by atoms with Gasteiger partial charge in [-0.2, -0.15) is 0 Å². The standard InChI is InChI=1S/C27H26INO3/c1-19(30)29-13-11-22-8-7-21(15-23(22)12-14-29)16-26(31)25-10-9-24(28)17-27(25)32-18-20-5-3-2-4-6-20/h2-10,15,17H,11-14,16,18H2,1H3. The van der Waals surface area contributed by atoms with Gasteiger partial charge in [-0.25, -0.2) is 0 Å². The number of Topliss-reactive ketones (excluding diaryl/α,β-unsaturated/α-hetero) is 1. The summed E-state index contributed by atoms with van der Waals surface area (Å²) in [5.41, 5.74) is 5.18. The molecule has 1 heterocycles. The van der Waals surface area contributed by atoms with Gasteiger partial charge in [0.05, 0.1) is 5.56 Å². The van der Waals surface area contributed by atoms with Crippen molar-refractivity contribution < 1.29 is 14.3 Å². The van der Waals surface area contributed by atoms with E-state index in [1.165, 1.54) is 11.1 Å². The van der Waals surface area contributed by atoms with Crippen LogP contribution in [0.15, 0.2) is 66.7 Å². The highest BCUT2D eigenvalue weighted by molar-refractivity contribution is 14.1. The summed E-state index contributed by atoms with van der Waals surface area (Å²) in [5.74, 6) is 0.788. The van der Waals surface area contributed by atoms with E-state index in [1.807, 2.05) is 59.5 Å². The Morgan fingerprint density at radius 1 is 0.906 bits per heavy atom. The Morgan fingerprint density at radius 2 is 1.66 bits per heavy atom. The number of rotatable bonds is 6. The van der Waals surface area contributed by atoms with Crippen LogP contribution in [0.3, 0.4) is 0 Å². The minimum atomic E-state index is 0.0448. The molecule has 5 heteroatoms. The lowest BCUT2D eigenvalue weighted by molar-refractivity contribution is -0.128. The average Bonchev–Trinajstić information content (AvgIpc) is 3.01. The second-order valence-corrected chi connectivity index (χ2v) is 9.37. The van der Waals surface area contributed by atoms with Gasteiger partial charge in [-0.15, -0.1) is 0 Å². The lowest BCUT2D eigenvalue weighted by atomic mass is 9.96. The Bertz CT molecular complexity index is 1130. The zero-order valence-electron chi connectivity index (χ0n) is 18.1. The normalized spacial score (nSPS) is 13.2. The van der Waals surface area contributed by atoms with Crippen molar-refractivity contribution in [2.75, 3.05) is 13.1 Å². The predicted molar refractivity (Wildman–Crippen MR) is 134 cm³/mol. The van der Waals surface area contributed by atoms with Crippen LogP contribution in [0.5, 0.6) is 5.75 Å². The molecule has 0 unspecified atom stereocenters. The maximum atomic E-state index is 13.2. The Balaban J connectivity index is 1.49. The molecule has 0 radical (unpaired) electrons. The van der Waals surface area contributed by atoms with E-state index in [0.717, 1.165) is 40.6 Å². The minimum Gasteiger partial charge on any atom is -0.488 e. The van der Waals surface area contributed by atoms with Gasteiger partial charge in [-0.05, 0) is 75.9 Å². The number of ketones is 1. The fourth-order valence-corrected chi connectivity index (χ4v) is 4.53. The molecule has 32 heavy (non-hydrogen) atoms. The summed E-state index contributed by atoms with van der Waals surface area (Å²) in [6, 6.07) is 22.0. The van der Waals surface area contributed by atoms with Crippen LogP contribution in [0, 0.1) is 3.57 Å². The highest BCUT2D eigenvalue weighted by Crippen LogP contribution is 2.25. The summed E-state index contributed by atoms with van der Waals surface area (Å²) in [6.45, 7) is 3.53. The van der Waals surface area contributed by atoms with Crippen molar-refractivity contribution in [1.29, 1.82) is 0 Å². The van der Waals surface area contributed by atoms with Crippen LogP contribution in [0.25, 0.3) is 0 Å². The van der Waals surface area contributed by atoms with Crippen molar-refractivity contribution in [2.45, 2.75) is 32.8 Å². The van der Waals surface area contributed by atoms with Crippen LogP contribution < -0.4 is 4.74 Å². The molecule has 1 amide bonds. The van der Waals surface area contributed by atoms with E-state index in [-0.39, 0.29) is 11.7 Å². The summed E-state index contributed by atoms with van der Waals surface area (Å²) in [6.07, 6.45) is 2.01. The van der Waals surface area contributed by atoms with E-state index in [4.69, 9.17) is 4.74 Å². The van der Waals surface area contributed by atoms with Gasteiger partial charge in [-0.1, -0.05) is 48.5 Å². The number of benzene rings is 3. The van der Waals surface area contributed by atoms with Gasteiger partial charge in [0, 0.05) is 30.0 Å². The van der Waals surface area contributed by atoms with Crippen LogP contribution in [-0.4, -0.2) is 29.7 Å². The number of hydrogen-bond acceptors (Lipinski definition) is 3. The van der Waals surface area contributed by atoms with Gasteiger partial charge in [0.2, 0.25) is 5.91 Å². The zero-order chi connectivity index (χ0) is 22.5. The van der Waals surface area contributed by atoms with Crippen LogP contribution in [0.2, 0.25) is 0 Å². The summed E-state index contributed by atoms with van der Waals surface area (Å²) >= 11 is 2.24. The molecule has 0 aliphatic carbocycles. The quantitative estimate of drug-likeness (QED) is 0.318. The number of carbonyl (C=O) groups is 2. The number of carbonyl (C=O) groups excluding carboxylic acids is 2. The molecule has 1 aliphatic heterocycles. The predicted octanol–water partition coefficient (Wildman–Crippen LogP) is 5.24. The monoisotopic (exact) mass is 539 g/mol. The summed E-state index contributed by atoms with van der Waals surface area (Å²) < 4.78 is 7.07. The van der Waals surface area contributed by atoms with Gasteiger partial charge in [0.15, 0.2) is 5.78 Å². The van der Waals surface area contributed by atoms with Crippen molar-refractivity contribution >= 4 is 34.3 Å². The van der Waals surface area contributed by atoms with Crippen LogP contribution >= 0.6 is 22.6 Å². The third-order valence-corrected chi connectivity index (χ3v) is 6.54. The maximum Gasteiger partial charge on any atom is 0.219 e. The molecule has 0 saturated heterocycles. The fraction of sp³-hybridized carbons (Fsp3) is 0.259. The molecule has 0 atom stereocenters. The largest absolute Gasteiger partial charge is 0.488 e. The van der Waals surface area contributed by atoms with Crippen molar-refractivity contribution in [3.8, 4) is 5.75 Å². The zero-order valence-corrected chi connectivity index (χ0v) is 20.3. The van der Waals surface area contributed by atoms with Crippen LogP contribution in [-0.2, 0) is 30.7 Å². The van der Waals surface area contributed by atoms with Crippen LogP contribution in [0.4, 0.5) is 0 Å². The van der Waals surface area contributed by atoms with Gasteiger partial charge in [0.1, 0.15) is 12.4 Å². The third-order valence-electron chi connectivity index (χ3n) is 5.86. The first-order chi connectivity index (χ1) is 15.5. The first kappa shape index (κ1) is 22.5. The van der Waals surface area contributed by atoms with E-state index in [1.54, 1.807) is 6.92 Å². The van der Waals surface area contributed by atoms with Crippen molar-refractivity contribution in [2.24, 2.45) is 0 Å². The first-order valence-corrected chi connectivity index (χ1v) is 11.9. The van der Waals surface area contributed by atoms with Crippen molar-refractivity contribution in [3.63, 3.8) is 0 Å². The molecule has 0 aromatic heterocycles. The second-order valence-electron chi connectivity index (χ2n) is 8.12. The molecular weight excluding hydrogens is 513 g/mol. The molecule has 1 aliphatic rings. The molecule has 0 fully saturated rings. The second kappa shape index (κ2) is 10.3. The highest BCUT2D eigenvalue weighted by Gasteiger charge is 2.18. The summed E-state index contributed by atoms with van der Waals surface area (Å²) in [7, 11) is 0. The first-order valence-electron chi connectivity index (χ1n) is 10.9. The number of fused-ring (bicyclic) bond motifs is 1. The molecule has 3 aromatic carbocycles. The maximum absolute atomic E-state index is 13.2. The number of amides is 1. The van der Waals surface area contributed by atoms with Gasteiger partial charge >= 0.3 is 0 Å². The lowest BCUT2D eigenvalue weighted by Crippen LogP contribution is -2.30. The number of nitrogens with zero attached hydrogens (tertiary/aromatic N) is 1. The van der Waals surface area contributed by atoms with E-state index in [0.29, 0.717) is 24.3 Å². The molecule has 3 aromatic rings. The van der Waals surface area contributed by atoms with E-state index in [2.05, 4.69) is 34.7 Å². The molecule has 0 bridgehead atoms.